The number of imidazole rings is 1. The Bertz CT molecular complexity index is 1110. The minimum Gasteiger partial charge on any atom is -0.346 e. The van der Waals surface area contributed by atoms with Crippen LogP contribution in [-0.4, -0.2) is 25.0 Å². The lowest BCUT2D eigenvalue weighted by Gasteiger charge is -2.11. The van der Waals surface area contributed by atoms with Crippen molar-refractivity contribution in [2.45, 2.75) is 45.8 Å². The van der Waals surface area contributed by atoms with Gasteiger partial charge in [0.1, 0.15) is 5.82 Å². The predicted molar refractivity (Wildman–Crippen MR) is 101 cm³/mol. The minimum absolute atomic E-state index is 0.275. The van der Waals surface area contributed by atoms with E-state index in [1.807, 2.05) is 6.20 Å². The number of carbonyl (C=O) groups excluding carboxylic acids is 1. The van der Waals surface area contributed by atoms with Crippen LogP contribution in [0.2, 0.25) is 0 Å². The molecule has 0 spiro atoms. The molecule has 2 aromatic heterocycles. The first kappa shape index (κ1) is 17.3. The second kappa shape index (κ2) is 6.86. The molecular formula is C19H21N5O3. The van der Waals surface area contributed by atoms with E-state index in [4.69, 9.17) is 0 Å². The Hall–Kier alpha value is -3.16. The third kappa shape index (κ3) is 3.18. The van der Waals surface area contributed by atoms with Crippen molar-refractivity contribution in [2.75, 3.05) is 0 Å². The zero-order valence-corrected chi connectivity index (χ0v) is 15.1. The molecule has 1 aliphatic heterocycles. The number of aromatic amines is 1. The second-order valence-electron chi connectivity index (χ2n) is 6.72. The van der Waals surface area contributed by atoms with Crippen molar-refractivity contribution in [3.8, 4) is 0 Å². The summed E-state index contributed by atoms with van der Waals surface area (Å²) in [6.07, 6.45) is 5.27. The molecule has 8 nitrogen and oxygen atoms in total. The number of hydrogen-bond donors (Lipinski definition) is 2. The van der Waals surface area contributed by atoms with Gasteiger partial charge in [0.25, 0.3) is 11.5 Å². The molecule has 0 fully saturated rings. The number of fused-ring (bicyclic) bond motifs is 2. The highest BCUT2D eigenvalue weighted by Crippen LogP contribution is 2.15. The third-order valence-electron chi connectivity index (χ3n) is 4.95. The van der Waals surface area contributed by atoms with Crippen molar-refractivity contribution in [1.82, 2.24) is 24.4 Å². The zero-order chi connectivity index (χ0) is 19.0. The molecule has 1 aliphatic rings. The Morgan fingerprint density at radius 1 is 1.30 bits per heavy atom. The number of aromatic nitrogens is 4. The van der Waals surface area contributed by atoms with E-state index in [1.165, 1.54) is 6.07 Å². The molecule has 0 saturated heterocycles. The molecule has 3 heterocycles. The van der Waals surface area contributed by atoms with Gasteiger partial charge in [-0.2, -0.15) is 0 Å². The molecule has 4 rings (SSSR count). The van der Waals surface area contributed by atoms with Gasteiger partial charge >= 0.3 is 5.69 Å². The third-order valence-corrected chi connectivity index (χ3v) is 4.95. The van der Waals surface area contributed by atoms with Gasteiger partial charge in [-0.3, -0.25) is 14.2 Å². The summed E-state index contributed by atoms with van der Waals surface area (Å²) in [4.78, 5) is 44.0. The SMILES string of the molecule is CCn1c(=O)[nH]c2cc(C(=O)NCc3cn4c(n3)CCCC4)ccc2c1=O. The Balaban J connectivity index is 1.55. The molecule has 0 atom stereocenters. The number of rotatable bonds is 4. The number of amides is 1. The molecule has 140 valence electrons. The van der Waals surface area contributed by atoms with Gasteiger partial charge in [0.2, 0.25) is 0 Å². The maximum absolute atomic E-state index is 12.5. The monoisotopic (exact) mass is 367 g/mol. The van der Waals surface area contributed by atoms with Crippen molar-refractivity contribution in [3.63, 3.8) is 0 Å². The first-order valence-electron chi connectivity index (χ1n) is 9.17. The van der Waals surface area contributed by atoms with Crippen LogP contribution in [0.1, 0.15) is 41.6 Å². The number of benzene rings is 1. The Labute approximate surface area is 154 Å². The Kier molecular flexibility index (Phi) is 4.39. The first-order valence-corrected chi connectivity index (χ1v) is 9.17. The fourth-order valence-electron chi connectivity index (χ4n) is 3.51. The molecule has 0 saturated carbocycles. The second-order valence-corrected chi connectivity index (χ2v) is 6.72. The fourth-order valence-corrected chi connectivity index (χ4v) is 3.51. The summed E-state index contributed by atoms with van der Waals surface area (Å²) < 4.78 is 3.27. The molecule has 0 bridgehead atoms. The summed E-state index contributed by atoms with van der Waals surface area (Å²) in [7, 11) is 0. The summed E-state index contributed by atoms with van der Waals surface area (Å²) in [5.41, 5.74) is 0.749. The standard InChI is InChI=1S/C19H21N5O3/c1-2-24-18(26)14-7-6-12(9-15(14)22-19(24)27)17(25)20-10-13-11-23-8-4-3-5-16(23)21-13/h6-7,9,11H,2-5,8,10H2,1H3,(H,20,25)(H,22,27). The van der Waals surface area contributed by atoms with Gasteiger partial charge in [0.15, 0.2) is 0 Å². The van der Waals surface area contributed by atoms with E-state index in [1.54, 1.807) is 19.1 Å². The number of nitrogens with zero attached hydrogens (tertiary/aromatic N) is 3. The molecule has 8 heteroatoms. The van der Waals surface area contributed by atoms with Crippen molar-refractivity contribution in [2.24, 2.45) is 0 Å². The fraction of sp³-hybridized carbons (Fsp3) is 0.368. The van der Waals surface area contributed by atoms with Crippen molar-refractivity contribution in [3.05, 3.63) is 62.3 Å². The molecule has 27 heavy (non-hydrogen) atoms. The highest BCUT2D eigenvalue weighted by Gasteiger charge is 2.14. The molecule has 3 aromatic rings. The van der Waals surface area contributed by atoms with Crippen molar-refractivity contribution in [1.29, 1.82) is 0 Å². The Morgan fingerprint density at radius 2 is 2.15 bits per heavy atom. The molecule has 0 aliphatic carbocycles. The largest absolute Gasteiger partial charge is 0.346 e. The summed E-state index contributed by atoms with van der Waals surface area (Å²) in [6.45, 7) is 3.34. The van der Waals surface area contributed by atoms with Gasteiger partial charge in [0, 0.05) is 31.3 Å². The summed E-state index contributed by atoms with van der Waals surface area (Å²) in [6, 6.07) is 4.70. The molecule has 1 amide bonds. The first-order chi connectivity index (χ1) is 13.1. The quantitative estimate of drug-likeness (QED) is 0.723. The summed E-state index contributed by atoms with van der Waals surface area (Å²) in [5, 5.41) is 3.23. The average molecular weight is 367 g/mol. The predicted octanol–water partition coefficient (Wildman–Crippen LogP) is 1.17. The van der Waals surface area contributed by atoms with Gasteiger partial charge in [-0.1, -0.05) is 0 Å². The minimum atomic E-state index is -0.476. The van der Waals surface area contributed by atoms with E-state index < -0.39 is 5.69 Å². The van der Waals surface area contributed by atoms with Crippen LogP contribution in [0.5, 0.6) is 0 Å². The van der Waals surface area contributed by atoms with E-state index in [0.29, 0.717) is 29.6 Å². The molecule has 0 unspecified atom stereocenters. The average Bonchev–Trinajstić information content (AvgIpc) is 3.09. The highest BCUT2D eigenvalue weighted by atomic mass is 16.2. The number of aryl methyl sites for hydroxylation is 2. The Morgan fingerprint density at radius 3 is 2.93 bits per heavy atom. The van der Waals surface area contributed by atoms with Gasteiger partial charge in [-0.05, 0) is 38.0 Å². The van der Waals surface area contributed by atoms with Crippen molar-refractivity contribution >= 4 is 16.8 Å². The van der Waals surface area contributed by atoms with Crippen LogP contribution in [0, 0.1) is 0 Å². The number of hydrogen-bond acceptors (Lipinski definition) is 4. The van der Waals surface area contributed by atoms with Crippen LogP contribution >= 0.6 is 0 Å². The smallest absolute Gasteiger partial charge is 0.328 e. The summed E-state index contributed by atoms with van der Waals surface area (Å²) >= 11 is 0. The van der Waals surface area contributed by atoms with E-state index in [-0.39, 0.29) is 11.5 Å². The number of H-pyrrole nitrogens is 1. The maximum Gasteiger partial charge on any atom is 0.328 e. The summed E-state index contributed by atoms with van der Waals surface area (Å²) in [5.74, 6) is 0.796. The van der Waals surface area contributed by atoms with Crippen LogP contribution in [0.4, 0.5) is 0 Å². The van der Waals surface area contributed by atoms with E-state index in [0.717, 1.165) is 41.9 Å². The van der Waals surface area contributed by atoms with Gasteiger partial charge in [0.05, 0.1) is 23.1 Å². The number of nitrogens with one attached hydrogen (secondary N) is 2. The molecule has 0 radical (unpaired) electrons. The van der Waals surface area contributed by atoms with Gasteiger partial charge < -0.3 is 14.9 Å². The molecule has 1 aromatic carbocycles. The molecule has 2 N–H and O–H groups in total. The van der Waals surface area contributed by atoms with Crippen LogP contribution < -0.4 is 16.6 Å². The lowest BCUT2D eigenvalue weighted by molar-refractivity contribution is 0.0950. The van der Waals surface area contributed by atoms with Crippen LogP contribution in [0.15, 0.2) is 34.0 Å². The lowest BCUT2D eigenvalue weighted by Crippen LogP contribution is -2.34. The van der Waals surface area contributed by atoms with Crippen LogP contribution in [-0.2, 0) is 26.1 Å². The van der Waals surface area contributed by atoms with Gasteiger partial charge in [-0.25, -0.2) is 9.78 Å². The highest BCUT2D eigenvalue weighted by molar-refractivity contribution is 5.97. The molecular weight excluding hydrogens is 346 g/mol. The normalized spacial score (nSPS) is 13.5. The lowest BCUT2D eigenvalue weighted by atomic mass is 10.1. The van der Waals surface area contributed by atoms with E-state index in [2.05, 4.69) is 19.9 Å². The maximum atomic E-state index is 12.5. The van der Waals surface area contributed by atoms with E-state index >= 15 is 0 Å². The van der Waals surface area contributed by atoms with Crippen LogP contribution in [0.3, 0.4) is 0 Å². The van der Waals surface area contributed by atoms with E-state index in [9.17, 15) is 14.4 Å². The number of carbonyl (C=O) groups is 1. The van der Waals surface area contributed by atoms with Crippen LogP contribution in [0.25, 0.3) is 10.9 Å². The van der Waals surface area contributed by atoms with Crippen molar-refractivity contribution < 1.29 is 4.79 Å². The topological polar surface area (TPSA) is 102 Å². The van der Waals surface area contributed by atoms with Gasteiger partial charge in [-0.15, -0.1) is 0 Å². The zero-order valence-electron chi connectivity index (χ0n) is 15.1.